The summed E-state index contributed by atoms with van der Waals surface area (Å²) in [6.45, 7) is 0. The molecule has 0 aliphatic carbocycles. The fourth-order valence-electron chi connectivity index (χ4n) is 3.82. The smallest absolute Gasteiger partial charge is 0.262 e. The number of rotatable bonds is 6. The van der Waals surface area contributed by atoms with Crippen LogP contribution in [0.4, 0.5) is 0 Å². The molecule has 3 heterocycles. The van der Waals surface area contributed by atoms with Crippen LogP contribution in [0.2, 0.25) is 5.02 Å². The molecule has 5 rings (SSSR count). The van der Waals surface area contributed by atoms with E-state index in [1.165, 1.54) is 11.3 Å². The average molecular weight is 633 g/mol. The summed E-state index contributed by atoms with van der Waals surface area (Å²) in [6.07, 6.45) is 0.141. The third kappa shape index (κ3) is 5.06. The maximum atomic E-state index is 13.4. The van der Waals surface area contributed by atoms with E-state index < -0.39 is 11.4 Å². The van der Waals surface area contributed by atoms with Gasteiger partial charge < -0.3 is 15.2 Å². The van der Waals surface area contributed by atoms with Crippen molar-refractivity contribution in [2.24, 2.45) is 0 Å². The Morgan fingerprint density at radius 3 is 2.60 bits per heavy atom. The summed E-state index contributed by atoms with van der Waals surface area (Å²) in [7, 11) is 0. The van der Waals surface area contributed by atoms with Crippen LogP contribution in [-0.2, 0) is 10.3 Å². The maximum Gasteiger partial charge on any atom is 0.262 e. The van der Waals surface area contributed by atoms with E-state index >= 15 is 0 Å². The minimum absolute atomic E-state index is 0.0179. The maximum absolute atomic E-state index is 13.4. The van der Waals surface area contributed by atoms with Gasteiger partial charge in [-0.2, -0.15) is 11.3 Å². The molecule has 1 atom stereocenters. The van der Waals surface area contributed by atoms with Gasteiger partial charge in [0.05, 0.1) is 10.7 Å². The minimum Gasteiger partial charge on any atom is -0.511 e. The first-order chi connectivity index (χ1) is 16.9. The molecule has 35 heavy (non-hydrogen) atoms. The molecule has 0 bridgehead atoms. The summed E-state index contributed by atoms with van der Waals surface area (Å²) in [6, 6.07) is 22.2. The number of nitrogens with one attached hydrogen (secondary N) is 1. The number of benzene rings is 2. The lowest BCUT2D eigenvalue weighted by Crippen LogP contribution is -2.50. The lowest BCUT2D eigenvalue weighted by molar-refractivity contribution is -0.119. The van der Waals surface area contributed by atoms with Gasteiger partial charge in [0, 0.05) is 21.0 Å². The first kappa shape index (κ1) is 24.2. The summed E-state index contributed by atoms with van der Waals surface area (Å²) in [5, 5.41) is 18.7. The molecule has 0 saturated carbocycles. The molecule has 176 valence electrons. The van der Waals surface area contributed by atoms with Crippen molar-refractivity contribution in [3.63, 3.8) is 0 Å². The third-order valence-electron chi connectivity index (χ3n) is 5.49. The van der Waals surface area contributed by atoms with Gasteiger partial charge in [0.15, 0.2) is 0 Å². The van der Waals surface area contributed by atoms with Crippen molar-refractivity contribution in [1.29, 1.82) is 0 Å². The van der Waals surface area contributed by atoms with Gasteiger partial charge in [-0.1, -0.05) is 41.6 Å². The molecule has 0 radical (unpaired) electrons. The Kier molecular flexibility index (Phi) is 7.06. The van der Waals surface area contributed by atoms with Gasteiger partial charge in [0.1, 0.15) is 22.0 Å². The van der Waals surface area contributed by atoms with Crippen LogP contribution in [0.25, 0.3) is 0 Å². The van der Waals surface area contributed by atoms with Crippen molar-refractivity contribution in [2.45, 2.75) is 16.9 Å². The second-order valence-electron chi connectivity index (χ2n) is 7.77. The van der Waals surface area contributed by atoms with Gasteiger partial charge in [-0.3, -0.25) is 4.79 Å². The number of aliphatic hydroxyl groups is 1. The Labute approximate surface area is 229 Å². The Morgan fingerprint density at radius 2 is 1.89 bits per heavy atom. The second-order valence-corrected chi connectivity index (χ2v) is 11.3. The summed E-state index contributed by atoms with van der Waals surface area (Å²) in [5.41, 5.74) is 0.362. The highest BCUT2D eigenvalue weighted by atomic mass is 127. The Morgan fingerprint density at radius 1 is 1.09 bits per heavy atom. The van der Waals surface area contributed by atoms with E-state index in [0.29, 0.717) is 27.2 Å². The average Bonchev–Trinajstić information content (AvgIpc) is 3.40. The Bertz CT molecular complexity index is 1410. The number of halogens is 2. The van der Waals surface area contributed by atoms with Gasteiger partial charge in [-0.15, -0.1) is 0 Å². The number of aromatic nitrogens is 1. The van der Waals surface area contributed by atoms with Gasteiger partial charge in [-0.25, -0.2) is 4.98 Å². The molecule has 4 aromatic rings. The lowest BCUT2D eigenvalue weighted by Gasteiger charge is -2.37. The van der Waals surface area contributed by atoms with Crippen LogP contribution in [0.3, 0.4) is 0 Å². The molecule has 0 saturated heterocycles. The standard InChI is InChI=1S/C26H18ClIN2O3S2/c27-19-4-1-2-5-21(19)35-24-20(31)14-26(30-25(24)32,16-12-13-34-15-16)22-6-3-7-23(29-22)33-18-10-8-17(28)9-11-18/h1-13,15,31H,14H2,(H,30,32). The highest BCUT2D eigenvalue weighted by molar-refractivity contribution is 14.1. The highest BCUT2D eigenvalue weighted by Crippen LogP contribution is 2.44. The fraction of sp³-hybridized carbons (Fsp3) is 0.0769. The van der Waals surface area contributed by atoms with E-state index in [4.69, 9.17) is 21.3 Å². The van der Waals surface area contributed by atoms with Crippen molar-refractivity contribution < 1.29 is 14.6 Å². The first-order valence-corrected chi connectivity index (χ1v) is 13.8. The van der Waals surface area contributed by atoms with Crippen LogP contribution < -0.4 is 10.1 Å². The fourth-order valence-corrected chi connectivity index (χ4v) is 6.02. The number of thiophene rings is 1. The third-order valence-corrected chi connectivity index (χ3v) is 8.53. The Hall–Kier alpha value is -2.53. The van der Waals surface area contributed by atoms with E-state index in [2.05, 4.69) is 27.9 Å². The van der Waals surface area contributed by atoms with Crippen molar-refractivity contribution in [3.8, 4) is 11.6 Å². The van der Waals surface area contributed by atoms with Gasteiger partial charge >= 0.3 is 0 Å². The van der Waals surface area contributed by atoms with Crippen LogP contribution >= 0.6 is 57.3 Å². The summed E-state index contributed by atoms with van der Waals surface area (Å²) < 4.78 is 7.08. The molecule has 1 amide bonds. The van der Waals surface area contributed by atoms with E-state index in [0.717, 1.165) is 20.9 Å². The largest absolute Gasteiger partial charge is 0.511 e. The van der Waals surface area contributed by atoms with Gasteiger partial charge in [0.25, 0.3) is 5.91 Å². The predicted molar refractivity (Wildman–Crippen MR) is 148 cm³/mol. The van der Waals surface area contributed by atoms with Crippen LogP contribution in [0, 0.1) is 3.57 Å². The van der Waals surface area contributed by atoms with E-state index in [9.17, 15) is 9.90 Å². The van der Waals surface area contributed by atoms with Crippen LogP contribution in [0.1, 0.15) is 17.7 Å². The van der Waals surface area contributed by atoms with Crippen molar-refractivity contribution in [3.05, 3.63) is 114 Å². The molecule has 1 unspecified atom stereocenters. The molecule has 1 aliphatic rings. The minimum atomic E-state index is -1.04. The van der Waals surface area contributed by atoms with Crippen molar-refractivity contribution in [1.82, 2.24) is 10.3 Å². The molecular formula is C26H18ClIN2O3S2. The highest BCUT2D eigenvalue weighted by Gasteiger charge is 2.44. The zero-order valence-electron chi connectivity index (χ0n) is 18.1. The molecule has 2 aromatic carbocycles. The monoisotopic (exact) mass is 632 g/mol. The molecule has 0 spiro atoms. The van der Waals surface area contributed by atoms with E-state index in [1.54, 1.807) is 12.1 Å². The van der Waals surface area contributed by atoms with Crippen molar-refractivity contribution in [2.75, 3.05) is 0 Å². The second kappa shape index (κ2) is 10.2. The molecule has 5 nitrogen and oxygen atoms in total. The number of nitrogens with zero attached hydrogens (tertiary/aromatic N) is 1. The number of pyridine rings is 1. The number of aliphatic hydroxyl groups excluding tert-OH is 1. The SMILES string of the molecule is O=C1NC(c2ccsc2)(c2cccc(Oc3ccc(I)cc3)n2)CC(O)=C1Sc1ccccc1Cl. The number of hydrogen-bond donors (Lipinski definition) is 2. The molecule has 0 fully saturated rings. The van der Waals surface area contributed by atoms with Gasteiger partial charge in [-0.05, 0) is 87.4 Å². The van der Waals surface area contributed by atoms with Gasteiger partial charge in [0.2, 0.25) is 5.88 Å². The predicted octanol–water partition coefficient (Wildman–Crippen LogP) is 7.52. The normalized spacial score (nSPS) is 17.8. The number of carbonyl (C=O) groups is 1. The lowest BCUT2D eigenvalue weighted by atomic mass is 9.82. The number of ether oxygens (including phenoxy) is 1. The van der Waals surface area contributed by atoms with Crippen LogP contribution in [0.5, 0.6) is 11.6 Å². The number of thioether (sulfide) groups is 1. The van der Waals surface area contributed by atoms with Crippen LogP contribution in [0.15, 0.2) is 99.1 Å². The zero-order valence-corrected chi connectivity index (χ0v) is 22.6. The first-order valence-electron chi connectivity index (χ1n) is 10.6. The Balaban J connectivity index is 1.52. The molecule has 2 aromatic heterocycles. The molecule has 9 heteroatoms. The van der Waals surface area contributed by atoms with E-state index in [1.807, 2.05) is 71.4 Å². The number of hydrogen-bond acceptors (Lipinski definition) is 6. The number of amides is 1. The zero-order chi connectivity index (χ0) is 24.4. The molecule has 1 aliphatic heterocycles. The quantitative estimate of drug-likeness (QED) is 0.215. The molecule has 2 N–H and O–H groups in total. The summed E-state index contributed by atoms with van der Waals surface area (Å²) in [5.74, 6) is 0.645. The topological polar surface area (TPSA) is 71.5 Å². The summed E-state index contributed by atoms with van der Waals surface area (Å²) >= 11 is 11.2. The van der Waals surface area contributed by atoms with Crippen molar-refractivity contribution >= 4 is 63.2 Å². The van der Waals surface area contributed by atoms with E-state index in [-0.39, 0.29) is 17.1 Å². The molecular weight excluding hydrogens is 615 g/mol. The summed E-state index contributed by atoms with van der Waals surface area (Å²) in [4.78, 5) is 19.0. The van der Waals surface area contributed by atoms with Crippen LogP contribution in [-0.4, -0.2) is 16.0 Å². The number of carbonyl (C=O) groups excluding carboxylic acids is 1.